The third-order valence-corrected chi connectivity index (χ3v) is 0.920. The summed E-state index contributed by atoms with van der Waals surface area (Å²) in [5.41, 5.74) is 1.06. The molecule has 1 heterocycles. The summed E-state index contributed by atoms with van der Waals surface area (Å²) in [7, 11) is 0. The molecular formula is C7H8KN. The first-order valence-corrected chi connectivity index (χ1v) is 2.46. The molecule has 9 heavy (non-hydrogen) atoms. The van der Waals surface area contributed by atoms with Crippen molar-refractivity contribution in [3.63, 3.8) is 0 Å². The van der Waals surface area contributed by atoms with Crippen LogP contribution in [0.2, 0.25) is 0 Å². The van der Waals surface area contributed by atoms with E-state index in [1.165, 1.54) is 0 Å². The molecule has 1 nitrogen and oxygen atoms in total. The topological polar surface area (TPSA) is 12.9 Å². The van der Waals surface area contributed by atoms with Gasteiger partial charge in [0.1, 0.15) is 0 Å². The molecule has 1 aromatic heterocycles. The molecule has 2 heteroatoms. The van der Waals surface area contributed by atoms with Gasteiger partial charge in [0.05, 0.1) is 0 Å². The van der Waals surface area contributed by atoms with Gasteiger partial charge in [0.2, 0.25) is 0 Å². The van der Waals surface area contributed by atoms with Crippen LogP contribution in [0.15, 0.2) is 31.1 Å². The SMILES string of the molecule is C=Cc1cccnc1.[KH]. The van der Waals surface area contributed by atoms with Crippen LogP contribution < -0.4 is 0 Å². The molecule has 0 spiro atoms. The van der Waals surface area contributed by atoms with Crippen molar-refractivity contribution in [2.45, 2.75) is 0 Å². The number of aromatic nitrogens is 1. The molecule has 0 atom stereocenters. The van der Waals surface area contributed by atoms with Crippen LogP contribution in [0.25, 0.3) is 6.08 Å². The molecule has 0 aliphatic rings. The Hall–Kier alpha value is 0.526. The van der Waals surface area contributed by atoms with E-state index in [4.69, 9.17) is 0 Å². The van der Waals surface area contributed by atoms with Gasteiger partial charge in [-0.05, 0) is 11.6 Å². The van der Waals surface area contributed by atoms with Gasteiger partial charge in [-0.1, -0.05) is 18.7 Å². The molecular weight excluding hydrogens is 137 g/mol. The fourth-order valence-electron chi connectivity index (χ4n) is 0.497. The molecule has 0 amide bonds. The fourth-order valence-corrected chi connectivity index (χ4v) is 0.497. The molecule has 0 saturated heterocycles. The van der Waals surface area contributed by atoms with Crippen molar-refractivity contribution >= 4 is 57.5 Å². The van der Waals surface area contributed by atoms with Crippen LogP contribution in [0.4, 0.5) is 0 Å². The molecule has 0 radical (unpaired) electrons. The van der Waals surface area contributed by atoms with Gasteiger partial charge in [-0.15, -0.1) is 0 Å². The third-order valence-electron chi connectivity index (χ3n) is 0.920. The van der Waals surface area contributed by atoms with Crippen LogP contribution in [0.1, 0.15) is 5.56 Å². The predicted molar refractivity (Wildman–Crippen MR) is 41.5 cm³/mol. The van der Waals surface area contributed by atoms with Crippen molar-refractivity contribution in [1.29, 1.82) is 0 Å². The first kappa shape index (κ1) is 9.53. The number of hydrogen-bond acceptors (Lipinski definition) is 1. The minimum absolute atomic E-state index is 0. The van der Waals surface area contributed by atoms with E-state index in [0.29, 0.717) is 0 Å². The predicted octanol–water partition coefficient (Wildman–Crippen LogP) is 1.08. The van der Waals surface area contributed by atoms with E-state index in [9.17, 15) is 0 Å². The number of pyridine rings is 1. The second-order valence-electron chi connectivity index (χ2n) is 1.49. The molecule has 0 aliphatic heterocycles. The first-order valence-electron chi connectivity index (χ1n) is 2.46. The maximum atomic E-state index is 3.88. The van der Waals surface area contributed by atoms with Gasteiger partial charge in [0, 0.05) is 12.4 Å². The van der Waals surface area contributed by atoms with Gasteiger partial charge in [0.25, 0.3) is 0 Å². The first-order chi connectivity index (χ1) is 3.93. The summed E-state index contributed by atoms with van der Waals surface area (Å²) in [6.45, 7) is 3.59. The Labute approximate surface area is 97.6 Å². The van der Waals surface area contributed by atoms with Crippen molar-refractivity contribution < 1.29 is 0 Å². The van der Waals surface area contributed by atoms with Crippen LogP contribution in [-0.4, -0.2) is 56.4 Å². The number of hydrogen-bond donors (Lipinski definition) is 0. The summed E-state index contributed by atoms with van der Waals surface area (Å²) in [5, 5.41) is 0. The quantitative estimate of drug-likeness (QED) is 0.539. The Morgan fingerprint density at radius 2 is 2.33 bits per heavy atom. The van der Waals surface area contributed by atoms with Gasteiger partial charge in [0.15, 0.2) is 0 Å². The maximum absolute atomic E-state index is 3.88. The third kappa shape index (κ3) is 3.28. The monoisotopic (exact) mass is 145 g/mol. The van der Waals surface area contributed by atoms with E-state index in [0.717, 1.165) is 5.56 Å². The molecule has 0 fully saturated rings. The van der Waals surface area contributed by atoms with E-state index in [1.54, 1.807) is 18.5 Å². The average Bonchev–Trinajstić information content (AvgIpc) is 1.90. The van der Waals surface area contributed by atoms with Gasteiger partial charge in [-0.3, -0.25) is 4.98 Å². The van der Waals surface area contributed by atoms with Crippen LogP contribution in [0, 0.1) is 0 Å². The Bertz CT molecular complexity index is 172. The Balaban J connectivity index is 0.000000640. The average molecular weight is 145 g/mol. The van der Waals surface area contributed by atoms with E-state index in [-0.39, 0.29) is 51.4 Å². The Kier molecular flexibility index (Phi) is 5.63. The zero-order chi connectivity index (χ0) is 5.82. The molecule has 0 saturated carbocycles. The van der Waals surface area contributed by atoms with Crippen molar-refractivity contribution in [1.82, 2.24) is 4.98 Å². The minimum atomic E-state index is 0. The molecule has 1 aromatic rings. The fraction of sp³-hybridized carbons (Fsp3) is 0. The summed E-state index contributed by atoms with van der Waals surface area (Å²) >= 11 is 0. The van der Waals surface area contributed by atoms with E-state index < -0.39 is 0 Å². The van der Waals surface area contributed by atoms with Crippen molar-refractivity contribution in [2.75, 3.05) is 0 Å². The number of nitrogens with zero attached hydrogens (tertiary/aromatic N) is 1. The van der Waals surface area contributed by atoms with E-state index in [1.807, 2.05) is 12.1 Å². The molecule has 0 aromatic carbocycles. The Morgan fingerprint density at radius 3 is 2.67 bits per heavy atom. The van der Waals surface area contributed by atoms with Crippen molar-refractivity contribution in [3.8, 4) is 0 Å². The summed E-state index contributed by atoms with van der Waals surface area (Å²) in [6, 6.07) is 3.84. The molecule has 42 valence electrons. The van der Waals surface area contributed by atoms with Gasteiger partial charge >= 0.3 is 51.4 Å². The van der Waals surface area contributed by atoms with E-state index >= 15 is 0 Å². The summed E-state index contributed by atoms with van der Waals surface area (Å²) in [4.78, 5) is 3.88. The standard InChI is InChI=1S/C7H7N.K.H/c1-2-7-4-3-5-8-6-7;;/h2-6H,1H2;;. The van der Waals surface area contributed by atoms with Gasteiger partial charge < -0.3 is 0 Å². The van der Waals surface area contributed by atoms with E-state index in [2.05, 4.69) is 11.6 Å². The summed E-state index contributed by atoms with van der Waals surface area (Å²) in [6.07, 6.45) is 5.28. The molecule has 0 unspecified atom stereocenters. The van der Waals surface area contributed by atoms with Crippen molar-refractivity contribution in [3.05, 3.63) is 36.7 Å². The van der Waals surface area contributed by atoms with Crippen LogP contribution in [0.3, 0.4) is 0 Å². The molecule has 1 rings (SSSR count). The summed E-state index contributed by atoms with van der Waals surface area (Å²) in [5.74, 6) is 0. The van der Waals surface area contributed by atoms with Crippen LogP contribution >= 0.6 is 0 Å². The molecule has 0 N–H and O–H groups in total. The molecule has 0 bridgehead atoms. The molecule has 0 aliphatic carbocycles. The van der Waals surface area contributed by atoms with Gasteiger partial charge in [-0.2, -0.15) is 0 Å². The van der Waals surface area contributed by atoms with Crippen LogP contribution in [0.5, 0.6) is 0 Å². The van der Waals surface area contributed by atoms with Crippen molar-refractivity contribution in [2.24, 2.45) is 0 Å². The second kappa shape index (κ2) is 5.32. The van der Waals surface area contributed by atoms with Gasteiger partial charge in [-0.25, -0.2) is 0 Å². The van der Waals surface area contributed by atoms with Crippen LogP contribution in [-0.2, 0) is 0 Å². The zero-order valence-electron chi connectivity index (χ0n) is 4.54. The summed E-state index contributed by atoms with van der Waals surface area (Å²) < 4.78 is 0. The Morgan fingerprint density at radius 1 is 1.56 bits per heavy atom. The normalized spacial score (nSPS) is 7.56. The zero-order valence-corrected chi connectivity index (χ0v) is 4.54. The second-order valence-corrected chi connectivity index (χ2v) is 1.49. The number of rotatable bonds is 1.